The molecule has 1 amide bonds. The number of amides is 1. The number of piperidine rings is 1. The summed E-state index contributed by atoms with van der Waals surface area (Å²) in [6, 6.07) is 16.7. The lowest BCUT2D eigenvalue weighted by atomic mass is 9.99. The van der Waals surface area contributed by atoms with Crippen molar-refractivity contribution in [3.05, 3.63) is 60.2 Å². The van der Waals surface area contributed by atoms with Gasteiger partial charge < -0.3 is 5.32 Å². The van der Waals surface area contributed by atoms with Crippen LogP contribution in [0.2, 0.25) is 0 Å². The molecule has 0 aliphatic carbocycles. The van der Waals surface area contributed by atoms with E-state index in [1.54, 1.807) is 42.1 Å². The van der Waals surface area contributed by atoms with Gasteiger partial charge >= 0.3 is 0 Å². The Hall–Kier alpha value is -1.83. The van der Waals surface area contributed by atoms with Gasteiger partial charge in [0.25, 0.3) is 0 Å². The third kappa shape index (κ3) is 5.37. The topological polar surface area (TPSA) is 66.5 Å². The summed E-state index contributed by atoms with van der Waals surface area (Å²) < 4.78 is 27.0. The van der Waals surface area contributed by atoms with Gasteiger partial charge in [0.1, 0.15) is 0 Å². The first-order valence-corrected chi connectivity index (χ1v) is 11.9. The van der Waals surface area contributed by atoms with E-state index in [1.165, 1.54) is 14.8 Å². The van der Waals surface area contributed by atoms with Crippen molar-refractivity contribution in [2.75, 3.05) is 25.4 Å². The normalized spacial score (nSPS) is 18.0. The van der Waals surface area contributed by atoms with Gasteiger partial charge in [0.2, 0.25) is 15.9 Å². The molecule has 150 valence electrons. The maximum atomic E-state index is 12.8. The number of aryl methyl sites for hydroxylation is 1. The minimum Gasteiger partial charge on any atom is -0.355 e. The predicted octanol–water partition coefficient (Wildman–Crippen LogP) is 3.30. The summed E-state index contributed by atoms with van der Waals surface area (Å²) in [4.78, 5) is 14.0. The largest absolute Gasteiger partial charge is 0.355 e. The summed E-state index contributed by atoms with van der Waals surface area (Å²) in [7, 11) is -3.54. The van der Waals surface area contributed by atoms with Crippen molar-refractivity contribution >= 4 is 27.7 Å². The zero-order chi connectivity index (χ0) is 20.0. The molecule has 1 aliphatic heterocycles. The third-order valence-electron chi connectivity index (χ3n) is 4.83. The SMILES string of the molecule is Cc1ccc(SCCNC(=O)[C@H]2CCCN(S(=O)(=O)c3ccccc3)C2)cc1. The minimum atomic E-state index is -3.54. The molecule has 1 saturated heterocycles. The smallest absolute Gasteiger partial charge is 0.243 e. The van der Waals surface area contributed by atoms with Gasteiger partial charge in [0.05, 0.1) is 10.8 Å². The summed E-state index contributed by atoms with van der Waals surface area (Å²) in [6.07, 6.45) is 1.42. The van der Waals surface area contributed by atoms with E-state index in [-0.39, 0.29) is 23.3 Å². The Kier molecular flexibility index (Phi) is 7.15. The van der Waals surface area contributed by atoms with Crippen molar-refractivity contribution in [3.63, 3.8) is 0 Å². The third-order valence-corrected chi connectivity index (χ3v) is 7.72. The van der Waals surface area contributed by atoms with Gasteiger partial charge in [-0.2, -0.15) is 4.31 Å². The highest BCUT2D eigenvalue weighted by Gasteiger charge is 2.33. The first-order chi connectivity index (χ1) is 13.5. The highest BCUT2D eigenvalue weighted by Crippen LogP contribution is 2.24. The minimum absolute atomic E-state index is 0.0579. The molecule has 1 N–H and O–H groups in total. The Labute approximate surface area is 171 Å². The molecule has 1 fully saturated rings. The Bertz CT molecular complexity index is 884. The van der Waals surface area contributed by atoms with E-state index in [1.807, 2.05) is 0 Å². The predicted molar refractivity (Wildman–Crippen MR) is 113 cm³/mol. The summed E-state index contributed by atoms with van der Waals surface area (Å²) in [5.41, 5.74) is 1.23. The van der Waals surface area contributed by atoms with Crippen molar-refractivity contribution < 1.29 is 13.2 Å². The molecule has 0 spiro atoms. The fraction of sp³-hybridized carbons (Fsp3) is 0.381. The lowest BCUT2D eigenvalue weighted by Gasteiger charge is -2.31. The quantitative estimate of drug-likeness (QED) is 0.553. The van der Waals surface area contributed by atoms with E-state index < -0.39 is 10.0 Å². The number of nitrogens with zero attached hydrogens (tertiary/aromatic N) is 1. The standard InChI is InChI=1S/C21H26N2O3S2/c1-17-9-11-19(12-10-17)27-15-13-22-21(24)18-6-5-14-23(16-18)28(25,26)20-7-3-2-4-8-20/h2-4,7-12,18H,5-6,13-16H2,1H3,(H,22,24)/t18-/m0/s1. The van der Waals surface area contributed by atoms with Gasteiger partial charge in [-0.25, -0.2) is 8.42 Å². The molecule has 7 heteroatoms. The number of thioether (sulfide) groups is 1. The van der Waals surface area contributed by atoms with Crippen LogP contribution in [-0.2, 0) is 14.8 Å². The molecule has 2 aromatic rings. The van der Waals surface area contributed by atoms with Crippen LogP contribution in [0.1, 0.15) is 18.4 Å². The monoisotopic (exact) mass is 418 g/mol. The van der Waals surface area contributed by atoms with Crippen LogP contribution in [0.3, 0.4) is 0 Å². The second kappa shape index (κ2) is 9.58. The lowest BCUT2D eigenvalue weighted by molar-refractivity contribution is -0.125. The van der Waals surface area contributed by atoms with Gasteiger partial charge in [-0.15, -0.1) is 11.8 Å². The maximum Gasteiger partial charge on any atom is 0.243 e. The Morgan fingerprint density at radius 2 is 1.86 bits per heavy atom. The molecule has 1 heterocycles. The summed E-state index contributed by atoms with van der Waals surface area (Å²) in [5, 5.41) is 2.96. The second-order valence-electron chi connectivity index (χ2n) is 6.97. The number of hydrogen-bond donors (Lipinski definition) is 1. The van der Waals surface area contributed by atoms with Gasteiger partial charge in [-0.05, 0) is 44.0 Å². The van der Waals surface area contributed by atoms with Crippen molar-refractivity contribution in [1.82, 2.24) is 9.62 Å². The highest BCUT2D eigenvalue weighted by molar-refractivity contribution is 7.99. The second-order valence-corrected chi connectivity index (χ2v) is 10.1. The molecular formula is C21H26N2O3S2. The van der Waals surface area contributed by atoms with Crippen LogP contribution in [-0.4, -0.2) is 44.0 Å². The number of sulfonamides is 1. The number of hydrogen-bond acceptors (Lipinski definition) is 4. The van der Waals surface area contributed by atoms with Crippen LogP contribution in [0.4, 0.5) is 0 Å². The number of nitrogens with one attached hydrogen (secondary N) is 1. The van der Waals surface area contributed by atoms with E-state index >= 15 is 0 Å². The number of benzene rings is 2. The first-order valence-electron chi connectivity index (χ1n) is 9.49. The number of carbonyl (C=O) groups is 1. The van der Waals surface area contributed by atoms with E-state index in [4.69, 9.17) is 0 Å². The van der Waals surface area contributed by atoms with E-state index in [2.05, 4.69) is 36.5 Å². The molecule has 5 nitrogen and oxygen atoms in total. The van der Waals surface area contributed by atoms with Crippen LogP contribution in [0.25, 0.3) is 0 Å². The van der Waals surface area contributed by atoms with Crippen LogP contribution in [0.5, 0.6) is 0 Å². The Morgan fingerprint density at radius 1 is 1.14 bits per heavy atom. The average molecular weight is 419 g/mol. The molecule has 1 aliphatic rings. The highest BCUT2D eigenvalue weighted by atomic mass is 32.2. The molecule has 0 radical (unpaired) electrons. The molecule has 0 saturated carbocycles. The molecule has 1 atom stereocenters. The van der Waals surface area contributed by atoms with Gasteiger partial charge in [0, 0.05) is 30.3 Å². The molecule has 0 bridgehead atoms. The summed E-state index contributed by atoms with van der Waals surface area (Å²) in [5.74, 6) is 0.433. The van der Waals surface area contributed by atoms with Crippen LogP contribution >= 0.6 is 11.8 Å². The van der Waals surface area contributed by atoms with Crippen LogP contribution < -0.4 is 5.32 Å². The summed E-state index contributed by atoms with van der Waals surface area (Å²) in [6.45, 7) is 3.33. The van der Waals surface area contributed by atoms with E-state index in [0.717, 1.165) is 12.2 Å². The van der Waals surface area contributed by atoms with Crippen molar-refractivity contribution in [2.45, 2.75) is 29.6 Å². The number of carbonyl (C=O) groups excluding carboxylic acids is 1. The van der Waals surface area contributed by atoms with Gasteiger partial charge in [-0.1, -0.05) is 35.9 Å². The van der Waals surface area contributed by atoms with Crippen molar-refractivity contribution in [2.24, 2.45) is 5.92 Å². The molecule has 28 heavy (non-hydrogen) atoms. The summed E-state index contributed by atoms with van der Waals surface area (Å²) >= 11 is 1.70. The van der Waals surface area contributed by atoms with E-state index in [9.17, 15) is 13.2 Å². The molecular weight excluding hydrogens is 392 g/mol. The van der Waals surface area contributed by atoms with Crippen molar-refractivity contribution in [1.29, 1.82) is 0 Å². The molecule has 2 aromatic carbocycles. The fourth-order valence-corrected chi connectivity index (χ4v) is 5.55. The van der Waals surface area contributed by atoms with Crippen LogP contribution in [0, 0.1) is 12.8 Å². The van der Waals surface area contributed by atoms with Gasteiger partial charge in [-0.3, -0.25) is 4.79 Å². The fourth-order valence-electron chi connectivity index (χ4n) is 3.24. The molecule has 3 rings (SSSR count). The molecule has 0 aromatic heterocycles. The molecule has 0 unspecified atom stereocenters. The zero-order valence-corrected chi connectivity index (χ0v) is 17.6. The van der Waals surface area contributed by atoms with Crippen LogP contribution in [0.15, 0.2) is 64.4 Å². The Morgan fingerprint density at radius 3 is 2.57 bits per heavy atom. The van der Waals surface area contributed by atoms with E-state index in [0.29, 0.717) is 19.5 Å². The first kappa shape index (κ1) is 20.9. The lowest BCUT2D eigenvalue weighted by Crippen LogP contribution is -2.45. The average Bonchev–Trinajstić information content (AvgIpc) is 2.73. The number of rotatable bonds is 7. The van der Waals surface area contributed by atoms with Crippen molar-refractivity contribution in [3.8, 4) is 0 Å². The van der Waals surface area contributed by atoms with Gasteiger partial charge in [0.15, 0.2) is 0 Å². The zero-order valence-electron chi connectivity index (χ0n) is 16.0. The Balaban J connectivity index is 1.49. The maximum absolute atomic E-state index is 12.8.